The molecule has 0 heterocycles. The first-order valence-corrected chi connectivity index (χ1v) is 8.52. The second-order valence-electron chi connectivity index (χ2n) is 5.78. The van der Waals surface area contributed by atoms with Crippen LogP contribution in [0.3, 0.4) is 0 Å². The minimum Gasteiger partial charge on any atom is -0.492 e. The van der Waals surface area contributed by atoms with Crippen molar-refractivity contribution in [2.24, 2.45) is 0 Å². The normalized spacial score (nSPS) is 11.5. The molecule has 0 aliphatic rings. The predicted octanol–water partition coefficient (Wildman–Crippen LogP) is 3.06. The fraction of sp³-hybridized carbons (Fsp3) is 0.263. The van der Waals surface area contributed by atoms with E-state index in [0.29, 0.717) is 24.1 Å². The van der Waals surface area contributed by atoms with Gasteiger partial charge in [0, 0.05) is 0 Å². The highest BCUT2D eigenvalue weighted by Crippen LogP contribution is 2.24. The van der Waals surface area contributed by atoms with Crippen molar-refractivity contribution < 1.29 is 27.5 Å². The molecule has 3 N–H and O–H groups in total. The van der Waals surface area contributed by atoms with E-state index in [0.717, 1.165) is 6.07 Å². The molecule has 1 atom stereocenters. The van der Waals surface area contributed by atoms with Crippen LogP contribution in [0.4, 0.5) is 24.5 Å². The molecule has 28 heavy (non-hydrogen) atoms. The van der Waals surface area contributed by atoms with E-state index in [1.54, 1.807) is 31.2 Å². The fourth-order valence-electron chi connectivity index (χ4n) is 2.30. The summed E-state index contributed by atoms with van der Waals surface area (Å²) in [4.78, 5) is 24.0. The summed E-state index contributed by atoms with van der Waals surface area (Å²) < 4.78 is 45.1. The highest BCUT2D eigenvalue weighted by molar-refractivity contribution is 5.95. The molecule has 6 nitrogen and oxygen atoms in total. The third kappa shape index (κ3) is 5.38. The number of anilines is 2. The summed E-state index contributed by atoms with van der Waals surface area (Å²) in [6.07, 6.45) is 0. The van der Waals surface area contributed by atoms with Gasteiger partial charge >= 0.3 is 0 Å². The lowest BCUT2D eigenvalue weighted by atomic mass is 10.2. The Bertz CT molecular complexity index is 862. The van der Waals surface area contributed by atoms with Gasteiger partial charge in [0.1, 0.15) is 11.8 Å². The highest BCUT2D eigenvalue weighted by atomic mass is 19.2. The molecule has 2 aromatic rings. The van der Waals surface area contributed by atoms with E-state index < -0.39 is 47.5 Å². The molecule has 0 saturated carbocycles. The smallest absolute Gasteiger partial charge is 0.243 e. The average molecular weight is 395 g/mol. The third-order valence-corrected chi connectivity index (χ3v) is 3.68. The minimum absolute atomic E-state index is 0.458. The van der Waals surface area contributed by atoms with Crippen LogP contribution in [0.2, 0.25) is 0 Å². The molecular formula is C19H20F3N3O3. The van der Waals surface area contributed by atoms with Crippen LogP contribution in [0.5, 0.6) is 5.75 Å². The van der Waals surface area contributed by atoms with Crippen LogP contribution in [0.25, 0.3) is 0 Å². The van der Waals surface area contributed by atoms with Gasteiger partial charge in [-0.3, -0.25) is 9.59 Å². The molecule has 0 spiro atoms. The molecule has 2 amide bonds. The van der Waals surface area contributed by atoms with Crippen molar-refractivity contribution in [1.82, 2.24) is 5.32 Å². The topological polar surface area (TPSA) is 79.5 Å². The minimum atomic E-state index is -1.69. The predicted molar refractivity (Wildman–Crippen MR) is 98.7 cm³/mol. The molecule has 2 rings (SSSR count). The molecule has 2 aromatic carbocycles. The maximum absolute atomic E-state index is 13.6. The van der Waals surface area contributed by atoms with E-state index >= 15 is 0 Å². The first kappa shape index (κ1) is 21.1. The van der Waals surface area contributed by atoms with Crippen molar-refractivity contribution >= 4 is 23.2 Å². The van der Waals surface area contributed by atoms with Gasteiger partial charge in [-0.05, 0) is 38.1 Å². The summed E-state index contributed by atoms with van der Waals surface area (Å²) >= 11 is 0. The summed E-state index contributed by atoms with van der Waals surface area (Å²) in [6, 6.07) is 7.95. The zero-order valence-corrected chi connectivity index (χ0v) is 15.3. The SMILES string of the molecule is CCOc1ccccc1NC(C)C(=O)NCC(=O)Nc1ccc(F)c(F)c1F. The Morgan fingerprint density at radius 1 is 1.04 bits per heavy atom. The van der Waals surface area contributed by atoms with Gasteiger partial charge in [0.2, 0.25) is 11.8 Å². The van der Waals surface area contributed by atoms with Crippen LogP contribution in [0, 0.1) is 17.5 Å². The molecule has 0 saturated heterocycles. The van der Waals surface area contributed by atoms with E-state index in [1.165, 1.54) is 0 Å². The Morgan fingerprint density at radius 3 is 2.46 bits per heavy atom. The standard InChI is InChI=1S/C19H20F3N3O3/c1-3-28-15-7-5-4-6-13(15)24-11(2)19(27)23-10-16(26)25-14-9-8-12(20)17(21)18(14)22/h4-9,11,24H,3,10H2,1-2H3,(H,23,27)(H,25,26). The van der Waals surface area contributed by atoms with E-state index in [1.807, 2.05) is 6.92 Å². The molecule has 150 valence electrons. The number of amides is 2. The fourth-order valence-corrected chi connectivity index (χ4v) is 2.30. The highest BCUT2D eigenvalue weighted by Gasteiger charge is 2.18. The van der Waals surface area contributed by atoms with Gasteiger partial charge in [-0.1, -0.05) is 12.1 Å². The lowest BCUT2D eigenvalue weighted by Gasteiger charge is -2.17. The van der Waals surface area contributed by atoms with Crippen LogP contribution in [0.15, 0.2) is 36.4 Å². The zero-order chi connectivity index (χ0) is 20.7. The summed E-state index contributed by atoms with van der Waals surface area (Å²) in [7, 11) is 0. The first-order chi connectivity index (χ1) is 13.3. The Kier molecular flexibility index (Phi) is 7.25. The van der Waals surface area contributed by atoms with Crippen molar-refractivity contribution in [3.63, 3.8) is 0 Å². The van der Waals surface area contributed by atoms with Crippen molar-refractivity contribution in [2.45, 2.75) is 19.9 Å². The number of hydrogen-bond donors (Lipinski definition) is 3. The largest absolute Gasteiger partial charge is 0.492 e. The lowest BCUT2D eigenvalue weighted by Crippen LogP contribution is -2.41. The summed E-state index contributed by atoms with van der Waals surface area (Å²) in [6.45, 7) is 3.41. The molecule has 0 aliphatic heterocycles. The Labute approximate surface area is 160 Å². The van der Waals surface area contributed by atoms with Gasteiger partial charge in [-0.15, -0.1) is 0 Å². The Hall–Kier alpha value is -3.23. The number of para-hydroxylation sites is 2. The van der Waals surface area contributed by atoms with Crippen LogP contribution >= 0.6 is 0 Å². The molecule has 0 fully saturated rings. The maximum Gasteiger partial charge on any atom is 0.243 e. The number of carbonyl (C=O) groups excluding carboxylic acids is 2. The van der Waals surface area contributed by atoms with Crippen LogP contribution < -0.4 is 20.7 Å². The molecule has 0 bridgehead atoms. The van der Waals surface area contributed by atoms with Crippen molar-refractivity contribution in [2.75, 3.05) is 23.8 Å². The van der Waals surface area contributed by atoms with Gasteiger partial charge < -0.3 is 20.7 Å². The number of rotatable bonds is 8. The van der Waals surface area contributed by atoms with Crippen LogP contribution in [0.1, 0.15) is 13.8 Å². The van der Waals surface area contributed by atoms with Gasteiger partial charge in [-0.25, -0.2) is 13.2 Å². The van der Waals surface area contributed by atoms with Crippen LogP contribution in [-0.4, -0.2) is 31.0 Å². The van der Waals surface area contributed by atoms with Gasteiger partial charge in [-0.2, -0.15) is 0 Å². The molecule has 0 aromatic heterocycles. The average Bonchev–Trinajstić information content (AvgIpc) is 2.68. The van der Waals surface area contributed by atoms with Crippen molar-refractivity contribution in [3.8, 4) is 5.75 Å². The zero-order valence-electron chi connectivity index (χ0n) is 15.3. The number of halogens is 3. The molecule has 9 heteroatoms. The molecule has 0 aliphatic carbocycles. The summed E-state index contributed by atoms with van der Waals surface area (Å²) in [5.41, 5.74) is 0.0928. The Balaban J connectivity index is 1.89. The van der Waals surface area contributed by atoms with Crippen molar-refractivity contribution in [1.29, 1.82) is 0 Å². The van der Waals surface area contributed by atoms with E-state index in [2.05, 4.69) is 16.0 Å². The van der Waals surface area contributed by atoms with Crippen molar-refractivity contribution in [3.05, 3.63) is 53.8 Å². The van der Waals surface area contributed by atoms with Gasteiger partial charge in [0.25, 0.3) is 0 Å². The monoisotopic (exact) mass is 395 g/mol. The number of ether oxygens (including phenoxy) is 1. The second-order valence-corrected chi connectivity index (χ2v) is 5.78. The Morgan fingerprint density at radius 2 is 1.75 bits per heavy atom. The number of benzene rings is 2. The third-order valence-electron chi connectivity index (χ3n) is 3.68. The number of hydrogen-bond acceptors (Lipinski definition) is 4. The molecule has 1 unspecified atom stereocenters. The summed E-state index contributed by atoms with van der Waals surface area (Å²) in [5.74, 6) is -5.27. The lowest BCUT2D eigenvalue weighted by molar-refractivity contribution is -0.124. The van der Waals surface area contributed by atoms with Gasteiger partial charge in [0.15, 0.2) is 17.5 Å². The van der Waals surface area contributed by atoms with Gasteiger partial charge in [0.05, 0.1) is 24.5 Å². The summed E-state index contributed by atoms with van der Waals surface area (Å²) in [5, 5.41) is 7.42. The first-order valence-electron chi connectivity index (χ1n) is 8.52. The van der Waals surface area contributed by atoms with E-state index in [-0.39, 0.29) is 0 Å². The van der Waals surface area contributed by atoms with E-state index in [4.69, 9.17) is 4.74 Å². The second kappa shape index (κ2) is 9.63. The number of nitrogens with one attached hydrogen (secondary N) is 3. The quantitative estimate of drug-likeness (QED) is 0.601. The molecule has 0 radical (unpaired) electrons. The maximum atomic E-state index is 13.6. The molecular weight excluding hydrogens is 375 g/mol. The van der Waals surface area contributed by atoms with E-state index in [9.17, 15) is 22.8 Å². The number of carbonyl (C=O) groups is 2. The van der Waals surface area contributed by atoms with Crippen LogP contribution in [-0.2, 0) is 9.59 Å².